The molecule has 1 aromatic heterocycles. The minimum absolute atomic E-state index is 0.00554. The number of hydrogen-bond donors (Lipinski definition) is 0. The van der Waals surface area contributed by atoms with Gasteiger partial charge in [-0.2, -0.15) is 0 Å². The van der Waals surface area contributed by atoms with Crippen molar-refractivity contribution in [3.05, 3.63) is 54.3 Å². The summed E-state index contributed by atoms with van der Waals surface area (Å²) in [7, 11) is 1.62. The fraction of sp³-hybridized carbons (Fsp3) is 0.429. The molecule has 5 rings (SSSR count). The van der Waals surface area contributed by atoms with Crippen LogP contribution in [0.15, 0.2) is 52.9 Å². The van der Waals surface area contributed by atoms with Gasteiger partial charge < -0.3 is 19.0 Å². The molecular formula is C28H32N2O4. The molecule has 2 aliphatic rings. The van der Waals surface area contributed by atoms with Crippen LogP contribution in [0.5, 0.6) is 5.75 Å². The van der Waals surface area contributed by atoms with Gasteiger partial charge in [-0.1, -0.05) is 37.3 Å². The molecule has 2 fully saturated rings. The van der Waals surface area contributed by atoms with Gasteiger partial charge in [0.05, 0.1) is 7.11 Å². The van der Waals surface area contributed by atoms with E-state index in [9.17, 15) is 9.59 Å². The number of nitrogens with zero attached hydrogens (tertiary/aromatic N) is 2. The van der Waals surface area contributed by atoms with Crippen molar-refractivity contribution in [1.82, 2.24) is 9.80 Å². The first-order valence-electron chi connectivity index (χ1n) is 12.3. The molecule has 2 aliphatic heterocycles. The first-order valence-corrected chi connectivity index (χ1v) is 12.3. The fourth-order valence-electron chi connectivity index (χ4n) is 5.21. The number of rotatable bonds is 4. The number of likely N-dealkylation sites (tertiary alicyclic amines) is 2. The average molecular weight is 461 g/mol. The molecule has 0 atom stereocenters. The lowest BCUT2D eigenvalue weighted by Gasteiger charge is -2.36. The van der Waals surface area contributed by atoms with Crippen molar-refractivity contribution < 1.29 is 18.7 Å². The van der Waals surface area contributed by atoms with Gasteiger partial charge in [0.15, 0.2) is 0 Å². The summed E-state index contributed by atoms with van der Waals surface area (Å²) in [5, 5.41) is 0.889. The molecule has 2 aromatic carbocycles. The zero-order valence-electron chi connectivity index (χ0n) is 20.0. The monoisotopic (exact) mass is 460 g/mol. The van der Waals surface area contributed by atoms with E-state index in [4.69, 9.17) is 9.15 Å². The summed E-state index contributed by atoms with van der Waals surface area (Å²) in [5.74, 6) is 1.89. The Balaban J connectivity index is 1.36. The molecule has 0 radical (unpaired) electrons. The predicted molar refractivity (Wildman–Crippen MR) is 132 cm³/mol. The minimum Gasteiger partial charge on any atom is -0.497 e. The lowest BCUT2D eigenvalue weighted by atomic mass is 9.92. The summed E-state index contributed by atoms with van der Waals surface area (Å²) < 4.78 is 11.5. The van der Waals surface area contributed by atoms with Crippen molar-refractivity contribution in [2.45, 2.75) is 32.6 Å². The molecule has 34 heavy (non-hydrogen) atoms. The summed E-state index contributed by atoms with van der Waals surface area (Å²) in [6.07, 6.45) is 3.57. The van der Waals surface area contributed by atoms with Gasteiger partial charge in [-0.15, -0.1) is 0 Å². The maximum Gasteiger partial charge on any atom is 0.290 e. The number of fused-ring (bicyclic) bond motifs is 1. The maximum absolute atomic E-state index is 13.6. The van der Waals surface area contributed by atoms with Gasteiger partial charge in [0.1, 0.15) is 11.3 Å². The SMILES string of the molecule is COc1ccc2c(-c3ccccc3)c(C(=O)N3CCC(C(=O)N4CCC(C)CC4)CC3)oc2c1. The van der Waals surface area contributed by atoms with Crippen LogP contribution in [-0.2, 0) is 4.79 Å². The van der Waals surface area contributed by atoms with Crippen molar-refractivity contribution in [1.29, 1.82) is 0 Å². The van der Waals surface area contributed by atoms with Crippen LogP contribution in [0.25, 0.3) is 22.1 Å². The van der Waals surface area contributed by atoms with Crippen LogP contribution in [0, 0.1) is 11.8 Å². The van der Waals surface area contributed by atoms with Crippen LogP contribution in [0.2, 0.25) is 0 Å². The number of benzene rings is 2. The van der Waals surface area contributed by atoms with Crippen LogP contribution in [0.3, 0.4) is 0 Å². The highest BCUT2D eigenvalue weighted by Gasteiger charge is 2.34. The molecular weight excluding hydrogens is 428 g/mol. The van der Waals surface area contributed by atoms with Crippen LogP contribution in [0.4, 0.5) is 0 Å². The molecule has 0 N–H and O–H groups in total. The third-order valence-corrected chi connectivity index (χ3v) is 7.38. The summed E-state index contributed by atoms with van der Waals surface area (Å²) in [6, 6.07) is 15.5. The van der Waals surface area contributed by atoms with E-state index in [0.717, 1.165) is 42.4 Å². The molecule has 0 unspecified atom stereocenters. The van der Waals surface area contributed by atoms with Crippen LogP contribution < -0.4 is 4.74 Å². The van der Waals surface area contributed by atoms with Gasteiger partial charge in [-0.05, 0) is 49.3 Å². The number of ether oxygens (including phenoxy) is 1. The van der Waals surface area contributed by atoms with E-state index in [1.165, 1.54) is 0 Å². The summed E-state index contributed by atoms with van der Waals surface area (Å²) in [5.41, 5.74) is 2.38. The van der Waals surface area contributed by atoms with E-state index in [1.54, 1.807) is 7.11 Å². The van der Waals surface area contributed by atoms with Crippen molar-refractivity contribution in [3.8, 4) is 16.9 Å². The second-order valence-corrected chi connectivity index (χ2v) is 9.61. The number of furan rings is 1. The average Bonchev–Trinajstić information content (AvgIpc) is 3.27. The number of carbonyl (C=O) groups is 2. The van der Waals surface area contributed by atoms with E-state index in [1.807, 2.05) is 58.3 Å². The second kappa shape index (κ2) is 9.53. The van der Waals surface area contributed by atoms with Crippen molar-refractivity contribution >= 4 is 22.8 Å². The van der Waals surface area contributed by atoms with Crippen molar-refractivity contribution in [2.24, 2.45) is 11.8 Å². The standard InChI is InChI=1S/C28H32N2O4/c1-19-10-14-29(15-11-19)27(31)21-12-16-30(17-13-21)28(32)26-25(20-6-4-3-5-7-20)23-9-8-22(33-2)18-24(23)34-26/h3-9,18-19,21H,10-17H2,1-2H3. The molecule has 0 aliphatic carbocycles. The van der Waals surface area contributed by atoms with E-state index >= 15 is 0 Å². The van der Waals surface area contributed by atoms with E-state index in [2.05, 4.69) is 6.92 Å². The molecule has 6 heteroatoms. The molecule has 0 spiro atoms. The Bertz CT molecular complexity index is 1170. The van der Waals surface area contributed by atoms with Crippen LogP contribution in [-0.4, -0.2) is 54.9 Å². The maximum atomic E-state index is 13.6. The van der Waals surface area contributed by atoms with Gasteiger partial charge in [0.25, 0.3) is 5.91 Å². The molecule has 178 valence electrons. The van der Waals surface area contributed by atoms with Gasteiger partial charge >= 0.3 is 0 Å². The molecule has 0 bridgehead atoms. The van der Waals surface area contributed by atoms with Gasteiger partial charge in [-0.25, -0.2) is 0 Å². The molecule has 3 aromatic rings. The highest BCUT2D eigenvalue weighted by atomic mass is 16.5. The van der Waals surface area contributed by atoms with Crippen LogP contribution >= 0.6 is 0 Å². The highest BCUT2D eigenvalue weighted by molar-refractivity contribution is 6.08. The second-order valence-electron chi connectivity index (χ2n) is 9.61. The lowest BCUT2D eigenvalue weighted by Crippen LogP contribution is -2.46. The Hall–Kier alpha value is -3.28. The van der Waals surface area contributed by atoms with E-state index in [0.29, 0.717) is 48.9 Å². The Labute approximate surface area is 200 Å². The first kappa shape index (κ1) is 22.5. The Morgan fingerprint density at radius 3 is 2.26 bits per heavy atom. The van der Waals surface area contributed by atoms with Crippen molar-refractivity contribution in [3.63, 3.8) is 0 Å². The number of carbonyl (C=O) groups excluding carboxylic acids is 2. The molecule has 2 saturated heterocycles. The predicted octanol–water partition coefficient (Wildman–Crippen LogP) is 5.22. The van der Waals surface area contributed by atoms with Crippen LogP contribution in [0.1, 0.15) is 43.2 Å². The molecule has 3 heterocycles. The number of amides is 2. The van der Waals surface area contributed by atoms with Crippen molar-refractivity contribution in [2.75, 3.05) is 33.3 Å². The van der Waals surface area contributed by atoms with Gasteiger partial charge in [-0.3, -0.25) is 9.59 Å². The highest BCUT2D eigenvalue weighted by Crippen LogP contribution is 2.37. The van der Waals surface area contributed by atoms with E-state index in [-0.39, 0.29) is 17.7 Å². The first-order chi connectivity index (χ1) is 16.5. The third-order valence-electron chi connectivity index (χ3n) is 7.38. The largest absolute Gasteiger partial charge is 0.497 e. The third kappa shape index (κ3) is 4.29. The number of piperidine rings is 2. The summed E-state index contributed by atoms with van der Waals surface area (Å²) >= 11 is 0. The quantitative estimate of drug-likeness (QED) is 0.536. The zero-order chi connectivity index (χ0) is 23.7. The summed E-state index contributed by atoms with van der Waals surface area (Å²) in [4.78, 5) is 30.5. The van der Waals surface area contributed by atoms with E-state index < -0.39 is 0 Å². The smallest absolute Gasteiger partial charge is 0.290 e. The molecule has 6 nitrogen and oxygen atoms in total. The van der Waals surface area contributed by atoms with Gasteiger partial charge in [0.2, 0.25) is 11.7 Å². The number of hydrogen-bond acceptors (Lipinski definition) is 4. The van der Waals surface area contributed by atoms with Gasteiger partial charge in [0, 0.05) is 49.1 Å². The Morgan fingerprint density at radius 2 is 1.59 bits per heavy atom. The summed E-state index contributed by atoms with van der Waals surface area (Å²) in [6.45, 7) is 5.11. The topological polar surface area (TPSA) is 63.0 Å². The zero-order valence-corrected chi connectivity index (χ0v) is 20.0. The minimum atomic E-state index is -0.119. The Kier molecular flexibility index (Phi) is 6.31. The normalized spacial score (nSPS) is 17.8. The fourth-order valence-corrected chi connectivity index (χ4v) is 5.21. The number of methoxy groups -OCH3 is 1. The molecule has 2 amide bonds. The molecule has 0 saturated carbocycles. The lowest BCUT2D eigenvalue weighted by molar-refractivity contribution is -0.138. The Morgan fingerprint density at radius 1 is 0.912 bits per heavy atom.